The van der Waals surface area contributed by atoms with Crippen LogP contribution in [-0.4, -0.2) is 184 Å². The number of aromatic nitrogens is 2. The zero-order chi connectivity index (χ0) is 74.4. The number of hydrogen-bond donors (Lipinski definition) is 2. The number of nitrogens with zero attached hydrogens (tertiary/aromatic N) is 7. The Morgan fingerprint density at radius 3 is 1.14 bits per heavy atom. The number of carbonyl (C=O) groups is 7. The molecular formula is C73H105ClF4N8O15. The lowest BCUT2D eigenvalue weighted by Gasteiger charge is -2.33. The number of carboxylic acids is 1. The van der Waals surface area contributed by atoms with E-state index in [4.69, 9.17) is 37.9 Å². The third kappa shape index (κ3) is 25.3. The standard InChI is InChI=1S/C18H23F2NO3.C18H23FN2O3.C13H15FN2O.C13H24N2O4.C11H19NO4.ClH/c1-11-9-13(15(20)10-14(11)19)16(22)12-5-7-21(8-6-12)17(23)24-18(2,3)4;1-11-9-13-15(10-14(11)19)24-20-16(13)12-5-7-21(8-6-12)17(22)23-18(2,3)4;1-8-6-10-12(7-11(8)14)17-16-13(10)9-2-4-15-5-3-9;1-13(2,3)19-12(17)15-8-6-10(7-9-15)11(16)14(4)18-5;1-11(2,3)16-10(15)12-6-4-8(5-7-12)9(13)14;/h2*9-10,12H,5-8H2,1-4H3;6-7,9,15H,2-5H2,1H3;10H,6-9H2,1-5H3;8H,4-7H2,1-3H3,(H,13,14);1H. The summed E-state index contributed by atoms with van der Waals surface area (Å²) < 4.78 is 86.0. The number of benzene rings is 3. The number of aliphatic carboxylic acids is 1. The van der Waals surface area contributed by atoms with E-state index >= 15 is 0 Å². The number of halogens is 5. The maximum atomic E-state index is 13.9. The van der Waals surface area contributed by atoms with Crippen LogP contribution in [0.15, 0.2) is 45.4 Å². The van der Waals surface area contributed by atoms with E-state index in [9.17, 15) is 51.1 Å². The number of fused-ring (bicyclic) bond motifs is 2. The first-order valence-electron chi connectivity index (χ1n) is 34.4. The van der Waals surface area contributed by atoms with E-state index in [1.165, 1.54) is 37.3 Å². The predicted octanol–water partition coefficient (Wildman–Crippen LogP) is 15.0. The Morgan fingerprint density at radius 1 is 0.475 bits per heavy atom. The molecule has 0 bridgehead atoms. The number of amides is 5. The molecule has 0 spiro atoms. The number of nitrogens with one attached hydrogen (secondary N) is 1. The lowest BCUT2D eigenvalue weighted by molar-refractivity contribution is -0.174. The van der Waals surface area contributed by atoms with Gasteiger partial charge < -0.3 is 58.0 Å². The molecule has 0 aliphatic carbocycles. The molecular weight excluding hydrogens is 1340 g/mol. The van der Waals surface area contributed by atoms with Crippen molar-refractivity contribution < 1.29 is 89.1 Å². The molecule has 0 saturated carbocycles. The number of rotatable bonds is 7. The van der Waals surface area contributed by atoms with Gasteiger partial charge in [0.05, 0.1) is 30.0 Å². The average molecular weight is 1450 g/mol. The molecule has 5 aliphatic rings. The molecule has 0 radical (unpaired) electrons. The monoisotopic (exact) mass is 1440 g/mol. The van der Waals surface area contributed by atoms with Crippen LogP contribution in [0.3, 0.4) is 0 Å². The fourth-order valence-corrected chi connectivity index (χ4v) is 11.9. The summed E-state index contributed by atoms with van der Waals surface area (Å²) in [6.45, 7) is 33.0. The highest BCUT2D eigenvalue weighted by molar-refractivity contribution is 5.98. The molecule has 23 nitrogen and oxygen atoms in total. The highest BCUT2D eigenvalue weighted by Gasteiger charge is 2.36. The van der Waals surface area contributed by atoms with Gasteiger partial charge in [0, 0.05) is 112 Å². The number of piperidine rings is 5. The highest BCUT2D eigenvalue weighted by Crippen LogP contribution is 2.36. The third-order valence-electron chi connectivity index (χ3n) is 17.4. The fraction of sp³-hybridized carbons (Fsp3) is 0.630. The maximum absolute atomic E-state index is 13.9. The van der Waals surface area contributed by atoms with Crippen LogP contribution in [0.25, 0.3) is 21.9 Å². The molecule has 5 amide bonds. The molecule has 5 saturated heterocycles. The molecule has 5 aliphatic heterocycles. The molecule has 0 unspecified atom stereocenters. The minimum Gasteiger partial charge on any atom is -0.481 e. The zero-order valence-electron chi connectivity index (χ0n) is 61.7. The van der Waals surface area contributed by atoms with Gasteiger partial charge in [-0.2, -0.15) is 0 Å². The van der Waals surface area contributed by atoms with Crippen molar-refractivity contribution in [3.05, 3.63) is 93.3 Å². The van der Waals surface area contributed by atoms with Gasteiger partial charge in [-0.1, -0.05) is 10.3 Å². The molecule has 3 aromatic carbocycles. The fourth-order valence-electron chi connectivity index (χ4n) is 11.9. The second kappa shape index (κ2) is 36.4. The predicted molar refractivity (Wildman–Crippen MR) is 374 cm³/mol. The summed E-state index contributed by atoms with van der Waals surface area (Å²) in [6.07, 6.45) is 5.56. The van der Waals surface area contributed by atoms with Gasteiger partial charge in [-0.15, -0.1) is 12.4 Å². The molecule has 2 N–H and O–H groups in total. The number of hydrogen-bond acceptors (Lipinski definition) is 17. The van der Waals surface area contributed by atoms with Gasteiger partial charge in [-0.3, -0.25) is 19.2 Å². The highest BCUT2D eigenvalue weighted by atomic mass is 35.5. The van der Waals surface area contributed by atoms with Crippen molar-refractivity contribution in [1.29, 1.82) is 0 Å². The molecule has 28 heteroatoms. The van der Waals surface area contributed by atoms with Crippen molar-refractivity contribution in [3.63, 3.8) is 0 Å². The van der Waals surface area contributed by atoms with Gasteiger partial charge in [0.25, 0.3) is 0 Å². The van der Waals surface area contributed by atoms with Crippen LogP contribution < -0.4 is 5.32 Å². The Bertz CT molecular complexity index is 3620. The smallest absolute Gasteiger partial charge is 0.410 e. The summed E-state index contributed by atoms with van der Waals surface area (Å²) in [6, 6.07) is 8.46. The Morgan fingerprint density at radius 2 is 0.792 bits per heavy atom. The quantitative estimate of drug-likeness (QED) is 0.0663. The van der Waals surface area contributed by atoms with Crippen LogP contribution in [0.2, 0.25) is 0 Å². The number of hydroxylamine groups is 2. The lowest BCUT2D eigenvalue weighted by Crippen LogP contribution is -2.45. The first-order chi connectivity index (χ1) is 46.6. The van der Waals surface area contributed by atoms with Gasteiger partial charge in [0.15, 0.2) is 16.9 Å². The van der Waals surface area contributed by atoms with Crippen molar-refractivity contribution in [3.8, 4) is 0 Å². The van der Waals surface area contributed by atoms with Gasteiger partial charge in [-0.25, -0.2) is 41.8 Å². The van der Waals surface area contributed by atoms with Crippen molar-refractivity contribution in [2.24, 2.45) is 17.8 Å². The van der Waals surface area contributed by atoms with E-state index in [2.05, 4.69) is 15.6 Å². The van der Waals surface area contributed by atoms with Gasteiger partial charge in [0.2, 0.25) is 5.91 Å². The Kier molecular flexibility index (Phi) is 30.2. The lowest BCUT2D eigenvalue weighted by atomic mass is 9.88. The van der Waals surface area contributed by atoms with E-state index in [0.717, 1.165) is 67.0 Å². The molecule has 5 aromatic rings. The first kappa shape index (κ1) is 83.9. The second-order valence-electron chi connectivity index (χ2n) is 30.1. The maximum Gasteiger partial charge on any atom is 0.410 e. The Balaban J connectivity index is 0.000000229. The number of Topliss-reactive ketones (excluding diaryl/α,β-unsaturated/α-hetero) is 1. The number of ether oxygens (including phenoxy) is 4. The van der Waals surface area contributed by atoms with E-state index in [1.807, 2.05) is 68.4 Å². The molecule has 562 valence electrons. The van der Waals surface area contributed by atoms with E-state index < -0.39 is 46.1 Å². The number of ketones is 1. The van der Waals surface area contributed by atoms with Crippen LogP contribution in [0.4, 0.5) is 36.7 Å². The first-order valence-corrected chi connectivity index (χ1v) is 34.4. The Labute approximate surface area is 596 Å². The van der Waals surface area contributed by atoms with Crippen molar-refractivity contribution in [1.82, 2.24) is 40.3 Å². The van der Waals surface area contributed by atoms with Crippen LogP contribution in [-0.2, 0) is 33.4 Å². The molecule has 5 fully saturated rings. The second-order valence-corrected chi connectivity index (χ2v) is 30.1. The van der Waals surface area contributed by atoms with Gasteiger partial charge >= 0.3 is 30.3 Å². The number of aryl methyl sites for hydroxylation is 3. The molecule has 2 aromatic heterocycles. The normalized spacial score (nSPS) is 16.9. The zero-order valence-corrected chi connectivity index (χ0v) is 62.5. The molecule has 101 heavy (non-hydrogen) atoms. The van der Waals surface area contributed by atoms with E-state index in [-0.39, 0.29) is 88.8 Å². The molecule has 7 heterocycles. The van der Waals surface area contributed by atoms with Gasteiger partial charge in [0.1, 0.15) is 45.7 Å². The summed E-state index contributed by atoms with van der Waals surface area (Å²) in [5.74, 6) is -3.30. The summed E-state index contributed by atoms with van der Waals surface area (Å²) in [7, 11) is 3.07. The van der Waals surface area contributed by atoms with Crippen LogP contribution in [0.5, 0.6) is 0 Å². The average Bonchev–Trinajstić information content (AvgIpc) is 1.75. The van der Waals surface area contributed by atoms with Gasteiger partial charge in [-0.05, 0) is 216 Å². The molecule has 10 rings (SSSR count). The number of carbonyl (C=O) groups excluding carboxylic acids is 6. The van der Waals surface area contributed by atoms with Crippen molar-refractivity contribution >= 4 is 76.4 Å². The van der Waals surface area contributed by atoms with Crippen molar-refractivity contribution in [2.75, 3.05) is 79.6 Å². The largest absolute Gasteiger partial charge is 0.481 e. The van der Waals surface area contributed by atoms with E-state index in [1.54, 1.807) is 67.3 Å². The van der Waals surface area contributed by atoms with Crippen molar-refractivity contribution in [2.45, 2.75) is 202 Å². The number of likely N-dealkylation sites (tertiary alicyclic amines) is 4. The minimum atomic E-state index is -0.835. The van der Waals surface area contributed by atoms with E-state index in [0.29, 0.717) is 119 Å². The van der Waals surface area contributed by atoms with Crippen LogP contribution in [0.1, 0.15) is 198 Å². The van der Waals surface area contributed by atoms with Crippen LogP contribution >= 0.6 is 12.4 Å². The molecule has 0 atom stereocenters. The summed E-state index contributed by atoms with van der Waals surface area (Å²) >= 11 is 0. The summed E-state index contributed by atoms with van der Waals surface area (Å²) in [5.41, 5.74) is 2.23. The summed E-state index contributed by atoms with van der Waals surface area (Å²) in [5, 5.41) is 23.5. The SMILES string of the molecule is CC(C)(C)OC(=O)N1CCC(C(=O)O)CC1.CON(C)C(=O)C1CCN(C(=O)OC(C)(C)C)CC1.Cc1cc(C(=O)C2CCN(C(=O)OC(C)(C)C)CC2)c(F)cc1F.Cc1cc2c(C3CCN(C(=O)OC(C)(C)C)CC3)noc2cc1F.Cc1cc2c(C3CCNCC3)noc2cc1F.Cl. The topological polar surface area (TPSA) is 266 Å². The third-order valence-corrected chi connectivity index (χ3v) is 17.4. The minimum absolute atomic E-state index is 0. The summed E-state index contributed by atoms with van der Waals surface area (Å²) in [4.78, 5) is 94.2. The van der Waals surface area contributed by atoms with Crippen LogP contribution in [0, 0.1) is 61.8 Å². The Hall–Kier alpha value is -7.78. The number of carboxylic acid groups (broad SMARTS) is 1.